The van der Waals surface area contributed by atoms with Crippen molar-refractivity contribution in [2.24, 2.45) is 0 Å². The van der Waals surface area contributed by atoms with E-state index in [9.17, 15) is 9.59 Å². The molecule has 0 atom stereocenters. The molecule has 2 N–H and O–H groups in total. The number of carbonyl (C=O) groups is 2. The van der Waals surface area contributed by atoms with Gasteiger partial charge in [0.2, 0.25) is 5.91 Å². The zero-order valence-corrected chi connectivity index (χ0v) is 12.0. The van der Waals surface area contributed by atoms with Crippen LogP contribution in [-0.2, 0) is 4.79 Å². The third-order valence-electron chi connectivity index (χ3n) is 3.25. The molecule has 108 valence electrons. The minimum absolute atomic E-state index is 0.0541. The summed E-state index contributed by atoms with van der Waals surface area (Å²) in [7, 11) is 0. The molecule has 0 radical (unpaired) electrons. The first-order valence-corrected chi connectivity index (χ1v) is 7.14. The number of amides is 2. The van der Waals surface area contributed by atoms with Gasteiger partial charge in [0.05, 0.1) is 17.1 Å². The fourth-order valence-electron chi connectivity index (χ4n) is 2.01. The van der Waals surface area contributed by atoms with Crippen molar-refractivity contribution in [1.29, 1.82) is 0 Å². The number of carbonyl (C=O) groups excluding carboxylic acids is 2. The maximum Gasteiger partial charge on any atom is 0.270 e. The quantitative estimate of drug-likeness (QED) is 0.906. The van der Waals surface area contributed by atoms with Gasteiger partial charge >= 0.3 is 0 Å². The second-order valence-corrected chi connectivity index (χ2v) is 5.44. The summed E-state index contributed by atoms with van der Waals surface area (Å²) in [5.74, 6) is -0.591. The lowest BCUT2D eigenvalue weighted by molar-refractivity contribution is -0.120. The van der Waals surface area contributed by atoms with Gasteiger partial charge in [-0.3, -0.25) is 9.59 Å². The number of hydrogen-bond donors (Lipinski definition) is 2. The second kappa shape index (κ2) is 5.69. The van der Waals surface area contributed by atoms with Gasteiger partial charge in [-0.1, -0.05) is 29.8 Å². The molecule has 1 saturated carbocycles. The Hall–Kier alpha value is -2.14. The van der Waals surface area contributed by atoms with Crippen LogP contribution in [0.15, 0.2) is 30.3 Å². The predicted octanol–water partition coefficient (Wildman–Crippen LogP) is 1.90. The highest BCUT2D eigenvalue weighted by Crippen LogP contribution is 2.22. The molecule has 1 aliphatic rings. The third kappa shape index (κ3) is 3.31. The molecule has 1 aromatic heterocycles. The van der Waals surface area contributed by atoms with Crippen LogP contribution in [0.1, 0.15) is 23.3 Å². The van der Waals surface area contributed by atoms with Gasteiger partial charge in [-0.2, -0.15) is 0 Å². The summed E-state index contributed by atoms with van der Waals surface area (Å²) in [5.41, 5.74) is 0.857. The molecule has 6 heteroatoms. The Labute approximate surface area is 126 Å². The van der Waals surface area contributed by atoms with E-state index in [1.807, 2.05) is 18.2 Å². The van der Waals surface area contributed by atoms with Gasteiger partial charge < -0.3 is 10.6 Å². The highest BCUT2D eigenvalue weighted by Gasteiger charge is 2.23. The first-order valence-electron chi connectivity index (χ1n) is 6.76. The van der Waals surface area contributed by atoms with Gasteiger partial charge in [0.25, 0.3) is 5.91 Å². The fraction of sp³-hybridized carbons (Fsp3) is 0.267. The van der Waals surface area contributed by atoms with Crippen LogP contribution in [0.2, 0.25) is 5.02 Å². The first-order chi connectivity index (χ1) is 10.1. The summed E-state index contributed by atoms with van der Waals surface area (Å²) in [4.78, 5) is 27.8. The molecule has 2 amide bonds. The minimum Gasteiger partial charge on any atom is -0.352 e. The summed E-state index contributed by atoms with van der Waals surface area (Å²) in [6.45, 7) is -0.0541. The topological polar surface area (TPSA) is 71.1 Å². The van der Waals surface area contributed by atoms with Crippen molar-refractivity contribution in [3.63, 3.8) is 0 Å². The largest absolute Gasteiger partial charge is 0.352 e. The monoisotopic (exact) mass is 303 g/mol. The average molecular weight is 304 g/mol. The lowest BCUT2D eigenvalue weighted by atomic mass is 10.2. The molecule has 2 aromatic rings. The van der Waals surface area contributed by atoms with Crippen molar-refractivity contribution < 1.29 is 9.59 Å². The van der Waals surface area contributed by atoms with E-state index in [0.29, 0.717) is 10.5 Å². The molecule has 1 fully saturated rings. The summed E-state index contributed by atoms with van der Waals surface area (Å²) in [5, 5.41) is 6.61. The van der Waals surface area contributed by atoms with Crippen molar-refractivity contribution in [3.05, 3.63) is 41.0 Å². The van der Waals surface area contributed by atoms with Crippen molar-refractivity contribution in [3.8, 4) is 0 Å². The fourth-order valence-corrected chi connectivity index (χ4v) is 2.27. The van der Waals surface area contributed by atoms with Crippen molar-refractivity contribution in [2.45, 2.75) is 18.9 Å². The number of aromatic nitrogens is 1. The maximum atomic E-state index is 12.0. The number of para-hydroxylation sites is 1. The molecule has 5 nitrogen and oxygen atoms in total. The van der Waals surface area contributed by atoms with E-state index in [1.165, 1.54) is 6.07 Å². The van der Waals surface area contributed by atoms with E-state index in [1.54, 1.807) is 6.07 Å². The maximum absolute atomic E-state index is 12.0. The molecule has 0 aliphatic heterocycles. The smallest absolute Gasteiger partial charge is 0.270 e. The molecule has 0 bridgehead atoms. The molecular formula is C15H14ClN3O2. The number of nitrogens with zero attached hydrogens (tertiary/aromatic N) is 1. The molecule has 21 heavy (non-hydrogen) atoms. The number of rotatable bonds is 4. The number of halogens is 1. The van der Waals surface area contributed by atoms with E-state index in [2.05, 4.69) is 15.6 Å². The second-order valence-electron chi connectivity index (χ2n) is 5.03. The minimum atomic E-state index is -0.409. The Morgan fingerprint density at radius 3 is 2.81 bits per heavy atom. The van der Waals surface area contributed by atoms with E-state index in [0.717, 1.165) is 18.2 Å². The number of benzene rings is 1. The molecule has 1 heterocycles. The van der Waals surface area contributed by atoms with Crippen LogP contribution in [0.5, 0.6) is 0 Å². The molecule has 0 unspecified atom stereocenters. The van der Waals surface area contributed by atoms with Crippen LogP contribution < -0.4 is 10.6 Å². The Morgan fingerprint density at radius 2 is 2.05 bits per heavy atom. The lowest BCUT2D eigenvalue weighted by Gasteiger charge is -2.07. The normalized spacial score (nSPS) is 14.0. The van der Waals surface area contributed by atoms with Gasteiger partial charge in [0.15, 0.2) is 0 Å². The van der Waals surface area contributed by atoms with Gasteiger partial charge in [-0.15, -0.1) is 0 Å². The average Bonchev–Trinajstić information content (AvgIpc) is 3.28. The van der Waals surface area contributed by atoms with Crippen LogP contribution in [0.25, 0.3) is 10.9 Å². The molecule has 1 aromatic carbocycles. The summed E-state index contributed by atoms with van der Waals surface area (Å²) in [6, 6.07) is 9.11. The highest BCUT2D eigenvalue weighted by atomic mass is 35.5. The van der Waals surface area contributed by atoms with Crippen molar-refractivity contribution in [2.75, 3.05) is 6.54 Å². The molecular weight excluding hydrogens is 290 g/mol. The lowest BCUT2D eigenvalue weighted by Crippen LogP contribution is -2.38. The van der Waals surface area contributed by atoms with Gasteiger partial charge in [-0.05, 0) is 25.0 Å². The number of pyridine rings is 1. The van der Waals surface area contributed by atoms with Crippen LogP contribution >= 0.6 is 11.6 Å². The number of fused-ring (bicyclic) bond motifs is 1. The van der Waals surface area contributed by atoms with E-state index < -0.39 is 5.91 Å². The van der Waals surface area contributed by atoms with E-state index >= 15 is 0 Å². The standard InChI is InChI=1S/C15H14ClN3O2/c16-11-7-13(19-12-4-2-1-3-10(11)12)15(21)17-8-14(20)18-9-5-6-9/h1-4,7,9H,5-6,8H2,(H,17,21)(H,18,20). The SMILES string of the molecule is O=C(CNC(=O)c1cc(Cl)c2ccccc2n1)NC1CC1. The van der Waals surface area contributed by atoms with Gasteiger partial charge in [-0.25, -0.2) is 4.98 Å². The molecule has 0 spiro atoms. The summed E-state index contributed by atoms with van der Waals surface area (Å²) >= 11 is 6.15. The third-order valence-corrected chi connectivity index (χ3v) is 3.56. The summed E-state index contributed by atoms with van der Waals surface area (Å²) < 4.78 is 0. The van der Waals surface area contributed by atoms with E-state index in [4.69, 9.17) is 11.6 Å². The Morgan fingerprint density at radius 1 is 1.29 bits per heavy atom. The molecule has 0 saturated heterocycles. The van der Waals surface area contributed by atoms with Crippen LogP contribution in [-0.4, -0.2) is 29.4 Å². The summed E-state index contributed by atoms with van der Waals surface area (Å²) in [6.07, 6.45) is 2.03. The first kappa shape index (κ1) is 13.8. The van der Waals surface area contributed by atoms with Crippen LogP contribution in [0.4, 0.5) is 0 Å². The molecule has 1 aliphatic carbocycles. The van der Waals surface area contributed by atoms with Crippen molar-refractivity contribution in [1.82, 2.24) is 15.6 Å². The van der Waals surface area contributed by atoms with Crippen molar-refractivity contribution >= 4 is 34.3 Å². The van der Waals surface area contributed by atoms with Gasteiger partial charge in [0.1, 0.15) is 5.69 Å². The zero-order valence-electron chi connectivity index (χ0n) is 11.2. The number of hydrogen-bond acceptors (Lipinski definition) is 3. The van der Waals surface area contributed by atoms with Gasteiger partial charge in [0, 0.05) is 11.4 Å². The van der Waals surface area contributed by atoms with Crippen LogP contribution in [0, 0.1) is 0 Å². The van der Waals surface area contributed by atoms with E-state index in [-0.39, 0.29) is 24.2 Å². The Bertz CT molecular complexity index is 713. The Kier molecular flexibility index (Phi) is 3.75. The predicted molar refractivity (Wildman–Crippen MR) is 80.3 cm³/mol. The molecule has 3 rings (SSSR count). The Balaban J connectivity index is 1.70. The number of nitrogens with one attached hydrogen (secondary N) is 2. The zero-order chi connectivity index (χ0) is 14.8. The van der Waals surface area contributed by atoms with Crippen LogP contribution in [0.3, 0.4) is 0 Å². The highest BCUT2D eigenvalue weighted by molar-refractivity contribution is 6.35.